The predicted molar refractivity (Wildman–Crippen MR) is 61.5 cm³/mol. The summed E-state index contributed by atoms with van der Waals surface area (Å²) < 4.78 is 0. The van der Waals surface area contributed by atoms with Crippen LogP contribution in [0.2, 0.25) is 0 Å². The SMILES string of the molecule is CC1CCCCCC1.CNCC(C)=O. The third kappa shape index (κ3) is 9.72. The largest absolute Gasteiger partial charge is 0.313 e. The molecule has 0 atom stereocenters. The Morgan fingerprint density at radius 2 is 1.71 bits per heavy atom. The van der Waals surface area contributed by atoms with Gasteiger partial charge in [0.15, 0.2) is 0 Å². The van der Waals surface area contributed by atoms with Crippen LogP contribution in [0.15, 0.2) is 0 Å². The number of hydrogen-bond donors (Lipinski definition) is 1. The third-order valence-electron chi connectivity index (χ3n) is 2.57. The van der Waals surface area contributed by atoms with Gasteiger partial charge in [0.25, 0.3) is 0 Å². The van der Waals surface area contributed by atoms with Gasteiger partial charge in [-0.25, -0.2) is 0 Å². The van der Waals surface area contributed by atoms with Crippen LogP contribution < -0.4 is 5.32 Å². The van der Waals surface area contributed by atoms with Crippen LogP contribution in [-0.4, -0.2) is 19.4 Å². The van der Waals surface area contributed by atoms with E-state index in [1.165, 1.54) is 38.5 Å². The molecule has 0 heterocycles. The smallest absolute Gasteiger partial charge is 0.143 e. The molecule has 1 aliphatic rings. The van der Waals surface area contributed by atoms with Crippen LogP contribution in [0.4, 0.5) is 0 Å². The third-order valence-corrected chi connectivity index (χ3v) is 2.57. The van der Waals surface area contributed by atoms with Crippen molar-refractivity contribution in [2.24, 2.45) is 5.92 Å². The van der Waals surface area contributed by atoms with Crippen molar-refractivity contribution >= 4 is 5.78 Å². The summed E-state index contributed by atoms with van der Waals surface area (Å²) >= 11 is 0. The van der Waals surface area contributed by atoms with Gasteiger partial charge in [-0.05, 0) is 19.9 Å². The van der Waals surface area contributed by atoms with Gasteiger partial charge in [-0.1, -0.05) is 45.4 Å². The van der Waals surface area contributed by atoms with Crippen LogP contribution in [0.5, 0.6) is 0 Å². The lowest BCUT2D eigenvalue weighted by Gasteiger charge is -2.02. The van der Waals surface area contributed by atoms with Gasteiger partial charge in [0.2, 0.25) is 0 Å². The van der Waals surface area contributed by atoms with Gasteiger partial charge in [-0.2, -0.15) is 0 Å². The number of likely N-dealkylation sites (N-methyl/N-ethyl adjacent to an activating group) is 1. The highest BCUT2D eigenvalue weighted by Gasteiger charge is 2.05. The Morgan fingerprint density at radius 3 is 2.00 bits per heavy atom. The molecule has 0 radical (unpaired) electrons. The number of hydrogen-bond acceptors (Lipinski definition) is 2. The first-order chi connectivity index (χ1) is 6.66. The molecule has 0 aromatic rings. The maximum Gasteiger partial charge on any atom is 0.143 e. The van der Waals surface area contributed by atoms with Crippen molar-refractivity contribution in [3.63, 3.8) is 0 Å². The zero-order valence-electron chi connectivity index (χ0n) is 9.94. The minimum Gasteiger partial charge on any atom is -0.313 e. The fraction of sp³-hybridized carbons (Fsp3) is 0.917. The quantitative estimate of drug-likeness (QED) is 0.693. The van der Waals surface area contributed by atoms with Crippen molar-refractivity contribution in [2.45, 2.75) is 52.4 Å². The maximum atomic E-state index is 9.98. The average Bonchev–Trinajstić information content (AvgIpc) is 2.33. The lowest BCUT2D eigenvalue weighted by Crippen LogP contribution is -2.14. The van der Waals surface area contributed by atoms with E-state index in [9.17, 15) is 4.79 Å². The minimum absolute atomic E-state index is 0.178. The first-order valence-corrected chi connectivity index (χ1v) is 5.81. The first-order valence-electron chi connectivity index (χ1n) is 5.81. The molecule has 1 N–H and O–H groups in total. The van der Waals surface area contributed by atoms with E-state index in [-0.39, 0.29) is 5.78 Å². The van der Waals surface area contributed by atoms with Crippen molar-refractivity contribution in [2.75, 3.05) is 13.6 Å². The molecule has 0 aromatic carbocycles. The van der Waals surface area contributed by atoms with E-state index in [0.717, 1.165) is 5.92 Å². The predicted octanol–water partition coefficient (Wildman–Crippen LogP) is 2.77. The molecule has 1 saturated carbocycles. The summed E-state index contributed by atoms with van der Waals surface area (Å²) in [6, 6.07) is 0. The molecule has 2 nitrogen and oxygen atoms in total. The Morgan fingerprint density at radius 1 is 1.21 bits per heavy atom. The summed E-state index contributed by atoms with van der Waals surface area (Å²) in [5.74, 6) is 1.20. The van der Waals surface area contributed by atoms with Crippen molar-refractivity contribution < 1.29 is 4.79 Å². The number of nitrogens with one attached hydrogen (secondary N) is 1. The van der Waals surface area contributed by atoms with Crippen molar-refractivity contribution in [1.29, 1.82) is 0 Å². The Kier molecular flexibility index (Phi) is 8.95. The molecular weight excluding hydrogens is 174 g/mol. The molecule has 84 valence electrons. The van der Waals surface area contributed by atoms with Crippen LogP contribution in [0, 0.1) is 5.92 Å². The van der Waals surface area contributed by atoms with E-state index in [1.807, 2.05) is 0 Å². The highest BCUT2D eigenvalue weighted by molar-refractivity contribution is 5.77. The average molecular weight is 199 g/mol. The van der Waals surface area contributed by atoms with Crippen LogP contribution in [0.1, 0.15) is 52.4 Å². The van der Waals surface area contributed by atoms with E-state index >= 15 is 0 Å². The van der Waals surface area contributed by atoms with Gasteiger partial charge in [-0.15, -0.1) is 0 Å². The standard InChI is InChI=1S/C8H16.C4H9NO/c1-8-6-4-2-3-5-7-8;1-4(6)3-5-2/h8H,2-7H2,1H3;5H,3H2,1-2H3. The zero-order chi connectivity index (χ0) is 10.8. The molecule has 2 heteroatoms. The highest BCUT2D eigenvalue weighted by Crippen LogP contribution is 2.21. The topological polar surface area (TPSA) is 29.1 Å². The Balaban J connectivity index is 0.000000255. The van der Waals surface area contributed by atoms with Gasteiger partial charge in [0.1, 0.15) is 5.78 Å². The maximum absolute atomic E-state index is 9.98. The number of carbonyl (C=O) groups excluding carboxylic acids is 1. The second-order valence-electron chi connectivity index (χ2n) is 4.33. The van der Waals surface area contributed by atoms with Gasteiger partial charge in [0, 0.05) is 0 Å². The molecule has 0 aliphatic heterocycles. The molecule has 1 fully saturated rings. The molecule has 1 rings (SSSR count). The Hall–Kier alpha value is -0.370. The normalized spacial score (nSPS) is 17.9. The molecule has 0 amide bonds. The zero-order valence-corrected chi connectivity index (χ0v) is 9.94. The summed E-state index contributed by atoms with van der Waals surface area (Å²) in [4.78, 5) is 9.98. The van der Waals surface area contributed by atoms with Gasteiger partial charge in [-0.3, -0.25) is 4.79 Å². The van der Waals surface area contributed by atoms with Gasteiger partial charge < -0.3 is 5.32 Å². The van der Waals surface area contributed by atoms with E-state index in [2.05, 4.69) is 12.2 Å². The number of Topliss-reactive ketones (excluding diaryl/α,β-unsaturated/α-hetero) is 1. The molecule has 1 aliphatic carbocycles. The summed E-state index contributed by atoms with van der Waals surface area (Å²) in [7, 11) is 1.75. The van der Waals surface area contributed by atoms with Crippen LogP contribution in [-0.2, 0) is 4.79 Å². The molecule has 0 bridgehead atoms. The van der Waals surface area contributed by atoms with E-state index < -0.39 is 0 Å². The second-order valence-corrected chi connectivity index (χ2v) is 4.33. The van der Waals surface area contributed by atoms with Gasteiger partial charge >= 0.3 is 0 Å². The molecule has 0 saturated heterocycles. The van der Waals surface area contributed by atoms with Crippen LogP contribution >= 0.6 is 0 Å². The minimum atomic E-state index is 0.178. The molecular formula is C12H25NO. The highest BCUT2D eigenvalue weighted by atomic mass is 16.1. The van der Waals surface area contributed by atoms with Crippen LogP contribution in [0.3, 0.4) is 0 Å². The summed E-state index contributed by atoms with van der Waals surface area (Å²) in [6.45, 7) is 4.42. The Bertz CT molecular complexity index is 137. The number of rotatable bonds is 2. The van der Waals surface area contributed by atoms with E-state index in [1.54, 1.807) is 14.0 Å². The lowest BCUT2D eigenvalue weighted by molar-refractivity contribution is -0.116. The van der Waals surface area contributed by atoms with Gasteiger partial charge in [0.05, 0.1) is 6.54 Å². The van der Waals surface area contributed by atoms with Crippen molar-refractivity contribution in [3.05, 3.63) is 0 Å². The monoisotopic (exact) mass is 199 g/mol. The van der Waals surface area contributed by atoms with Crippen molar-refractivity contribution in [1.82, 2.24) is 5.32 Å². The summed E-state index contributed by atoms with van der Waals surface area (Å²) in [6.07, 6.45) is 8.93. The van der Waals surface area contributed by atoms with Crippen LogP contribution in [0.25, 0.3) is 0 Å². The van der Waals surface area contributed by atoms with Crippen molar-refractivity contribution in [3.8, 4) is 0 Å². The van der Waals surface area contributed by atoms with E-state index in [4.69, 9.17) is 0 Å². The molecule has 0 unspecified atom stereocenters. The molecule has 0 spiro atoms. The number of carbonyl (C=O) groups is 1. The lowest BCUT2D eigenvalue weighted by atomic mass is 10.0. The molecule has 14 heavy (non-hydrogen) atoms. The van der Waals surface area contributed by atoms with E-state index in [0.29, 0.717) is 6.54 Å². The number of ketones is 1. The summed E-state index contributed by atoms with van der Waals surface area (Å²) in [5.41, 5.74) is 0. The first kappa shape index (κ1) is 13.6. The fourth-order valence-corrected chi connectivity index (χ4v) is 1.73. The second kappa shape index (κ2) is 9.20. The molecule has 0 aromatic heterocycles. The Labute approximate surface area is 88.5 Å². The summed E-state index contributed by atoms with van der Waals surface area (Å²) in [5, 5.41) is 2.72. The fourth-order valence-electron chi connectivity index (χ4n) is 1.73.